The van der Waals surface area contributed by atoms with Gasteiger partial charge in [0, 0.05) is 43.7 Å². The Bertz CT molecular complexity index is 770. The topological polar surface area (TPSA) is 48.9 Å². The molecule has 3 rings (SSSR count). The predicted molar refractivity (Wildman–Crippen MR) is 119 cm³/mol. The van der Waals surface area contributed by atoms with Crippen LogP contribution in [0.4, 0.5) is 0 Å². The number of piperidine rings is 1. The van der Waals surface area contributed by atoms with Gasteiger partial charge in [0.05, 0.1) is 7.11 Å². The first-order valence-electron chi connectivity index (χ1n) is 9.73. The molecular formula is C22H29BrN4O. The highest BCUT2D eigenvalue weighted by Crippen LogP contribution is 2.16. The molecule has 1 aliphatic rings. The number of halogens is 1. The standard InChI is InChI=1S/C22H29BrN4O/c1-24-22(25-15-18-4-3-5-21(14-18)28-2)26-20-10-12-27(13-11-20)16-17-6-8-19(23)9-7-17/h3-9,14,20H,10-13,15-16H2,1-2H3,(H2,24,25,26). The summed E-state index contributed by atoms with van der Waals surface area (Å²) >= 11 is 3.50. The van der Waals surface area contributed by atoms with Crippen LogP contribution >= 0.6 is 15.9 Å². The average Bonchev–Trinajstić information content (AvgIpc) is 2.74. The van der Waals surface area contributed by atoms with Crippen LogP contribution < -0.4 is 15.4 Å². The van der Waals surface area contributed by atoms with Crippen molar-refractivity contribution < 1.29 is 4.74 Å². The molecule has 2 aromatic rings. The van der Waals surface area contributed by atoms with Gasteiger partial charge in [0.25, 0.3) is 0 Å². The van der Waals surface area contributed by atoms with E-state index in [1.54, 1.807) is 7.11 Å². The van der Waals surface area contributed by atoms with Gasteiger partial charge >= 0.3 is 0 Å². The van der Waals surface area contributed by atoms with Crippen LogP contribution in [-0.2, 0) is 13.1 Å². The van der Waals surface area contributed by atoms with Gasteiger partial charge in [-0.15, -0.1) is 0 Å². The summed E-state index contributed by atoms with van der Waals surface area (Å²) in [5.74, 6) is 1.73. The van der Waals surface area contributed by atoms with Gasteiger partial charge in [0.15, 0.2) is 5.96 Å². The lowest BCUT2D eigenvalue weighted by molar-refractivity contribution is 0.198. The molecule has 150 valence electrons. The van der Waals surface area contributed by atoms with E-state index < -0.39 is 0 Å². The number of ether oxygens (including phenoxy) is 1. The number of hydrogen-bond acceptors (Lipinski definition) is 3. The van der Waals surface area contributed by atoms with Gasteiger partial charge in [0.1, 0.15) is 5.75 Å². The fourth-order valence-corrected chi connectivity index (χ4v) is 3.70. The minimum absolute atomic E-state index is 0.456. The molecule has 1 saturated heterocycles. The zero-order valence-corrected chi connectivity index (χ0v) is 18.2. The van der Waals surface area contributed by atoms with Crippen molar-refractivity contribution >= 4 is 21.9 Å². The van der Waals surface area contributed by atoms with Crippen molar-refractivity contribution in [2.75, 3.05) is 27.2 Å². The number of hydrogen-bond donors (Lipinski definition) is 2. The van der Waals surface area contributed by atoms with Crippen LogP contribution in [0.5, 0.6) is 5.75 Å². The second-order valence-corrected chi connectivity index (χ2v) is 8.01. The molecule has 0 atom stereocenters. The lowest BCUT2D eigenvalue weighted by atomic mass is 10.0. The van der Waals surface area contributed by atoms with Gasteiger partial charge < -0.3 is 15.4 Å². The van der Waals surface area contributed by atoms with E-state index in [1.165, 1.54) is 11.1 Å². The minimum Gasteiger partial charge on any atom is -0.497 e. The average molecular weight is 445 g/mol. The summed E-state index contributed by atoms with van der Waals surface area (Å²) in [7, 11) is 3.51. The Morgan fingerprint density at radius 2 is 1.89 bits per heavy atom. The largest absolute Gasteiger partial charge is 0.497 e. The lowest BCUT2D eigenvalue weighted by Gasteiger charge is -2.33. The van der Waals surface area contributed by atoms with E-state index in [4.69, 9.17) is 4.74 Å². The summed E-state index contributed by atoms with van der Waals surface area (Å²) in [4.78, 5) is 6.90. The van der Waals surface area contributed by atoms with Crippen molar-refractivity contribution in [1.29, 1.82) is 0 Å². The number of benzene rings is 2. The van der Waals surface area contributed by atoms with E-state index in [-0.39, 0.29) is 0 Å². The highest BCUT2D eigenvalue weighted by molar-refractivity contribution is 9.10. The predicted octanol–water partition coefficient (Wildman–Crippen LogP) is 3.79. The van der Waals surface area contributed by atoms with Crippen LogP contribution in [0.15, 0.2) is 58.0 Å². The van der Waals surface area contributed by atoms with Crippen LogP contribution in [0.1, 0.15) is 24.0 Å². The molecular weight excluding hydrogens is 416 g/mol. The maximum atomic E-state index is 5.29. The number of methoxy groups -OCH3 is 1. The molecule has 6 heteroatoms. The Labute approximate surface area is 176 Å². The Morgan fingerprint density at radius 1 is 1.14 bits per heavy atom. The summed E-state index contributed by atoms with van der Waals surface area (Å²) in [6, 6.07) is 17.2. The van der Waals surface area contributed by atoms with Crippen molar-refractivity contribution in [2.24, 2.45) is 4.99 Å². The van der Waals surface area contributed by atoms with Crippen LogP contribution in [0.2, 0.25) is 0 Å². The summed E-state index contributed by atoms with van der Waals surface area (Å²) in [5.41, 5.74) is 2.54. The Hall–Kier alpha value is -2.05. The quantitative estimate of drug-likeness (QED) is 0.525. The highest BCUT2D eigenvalue weighted by atomic mass is 79.9. The van der Waals surface area contributed by atoms with Crippen molar-refractivity contribution in [2.45, 2.75) is 32.0 Å². The molecule has 0 aliphatic carbocycles. The maximum absolute atomic E-state index is 5.29. The zero-order valence-electron chi connectivity index (χ0n) is 16.6. The first kappa shape index (κ1) is 20.7. The zero-order chi connectivity index (χ0) is 19.8. The van der Waals surface area contributed by atoms with Gasteiger partial charge in [-0.1, -0.05) is 40.2 Å². The number of likely N-dealkylation sites (tertiary alicyclic amines) is 1. The third kappa shape index (κ3) is 6.24. The smallest absolute Gasteiger partial charge is 0.191 e. The molecule has 0 spiro atoms. The fourth-order valence-electron chi connectivity index (χ4n) is 3.44. The molecule has 0 bridgehead atoms. The van der Waals surface area contributed by atoms with Crippen LogP contribution in [0, 0.1) is 0 Å². The first-order chi connectivity index (χ1) is 13.7. The van der Waals surface area contributed by atoms with E-state index in [1.807, 2.05) is 25.2 Å². The van der Waals surface area contributed by atoms with Gasteiger partial charge in [-0.2, -0.15) is 0 Å². The number of nitrogens with one attached hydrogen (secondary N) is 2. The number of guanidine groups is 1. The van der Waals surface area contributed by atoms with Crippen LogP contribution in [0.3, 0.4) is 0 Å². The molecule has 1 heterocycles. The maximum Gasteiger partial charge on any atom is 0.191 e. The molecule has 1 aliphatic heterocycles. The van der Waals surface area contributed by atoms with E-state index in [0.29, 0.717) is 6.04 Å². The molecule has 28 heavy (non-hydrogen) atoms. The number of nitrogens with zero attached hydrogens (tertiary/aromatic N) is 2. The van der Waals surface area contributed by atoms with Crippen molar-refractivity contribution in [3.8, 4) is 5.75 Å². The van der Waals surface area contributed by atoms with Gasteiger partial charge in [-0.25, -0.2) is 0 Å². The van der Waals surface area contributed by atoms with Crippen molar-refractivity contribution in [3.63, 3.8) is 0 Å². The van der Waals surface area contributed by atoms with E-state index >= 15 is 0 Å². The second-order valence-electron chi connectivity index (χ2n) is 7.10. The fraction of sp³-hybridized carbons (Fsp3) is 0.409. The van der Waals surface area contributed by atoms with Gasteiger partial charge in [-0.05, 0) is 48.2 Å². The first-order valence-corrected chi connectivity index (χ1v) is 10.5. The normalized spacial score (nSPS) is 16.0. The monoisotopic (exact) mass is 444 g/mol. The van der Waals surface area contributed by atoms with E-state index in [9.17, 15) is 0 Å². The molecule has 5 nitrogen and oxygen atoms in total. The van der Waals surface area contributed by atoms with Crippen LogP contribution in [0.25, 0.3) is 0 Å². The molecule has 1 fully saturated rings. The number of aliphatic imine (C=N–C) groups is 1. The van der Waals surface area contributed by atoms with Crippen molar-refractivity contribution in [3.05, 3.63) is 64.1 Å². The summed E-state index contributed by atoms with van der Waals surface area (Å²) in [6.07, 6.45) is 2.24. The third-order valence-corrected chi connectivity index (χ3v) is 5.59. The molecule has 0 saturated carbocycles. The third-order valence-electron chi connectivity index (χ3n) is 5.07. The Kier molecular flexibility index (Phi) is 7.74. The van der Waals surface area contributed by atoms with Crippen molar-refractivity contribution in [1.82, 2.24) is 15.5 Å². The van der Waals surface area contributed by atoms with Gasteiger partial charge in [-0.3, -0.25) is 9.89 Å². The highest BCUT2D eigenvalue weighted by Gasteiger charge is 2.20. The SMILES string of the molecule is CN=C(NCc1cccc(OC)c1)NC1CCN(Cc2ccc(Br)cc2)CC1. The Morgan fingerprint density at radius 3 is 2.57 bits per heavy atom. The number of rotatable bonds is 6. The van der Waals surface area contributed by atoms with Crippen LogP contribution in [-0.4, -0.2) is 44.1 Å². The van der Waals surface area contributed by atoms with E-state index in [0.717, 1.165) is 55.2 Å². The molecule has 2 aromatic carbocycles. The lowest BCUT2D eigenvalue weighted by Crippen LogP contribution is -2.48. The summed E-state index contributed by atoms with van der Waals surface area (Å²) in [5, 5.41) is 6.98. The Balaban J connectivity index is 1.42. The summed E-state index contributed by atoms with van der Waals surface area (Å²) < 4.78 is 6.42. The molecule has 0 radical (unpaired) electrons. The summed E-state index contributed by atoms with van der Waals surface area (Å²) in [6.45, 7) is 3.93. The second kappa shape index (κ2) is 10.5. The molecule has 0 amide bonds. The van der Waals surface area contributed by atoms with E-state index in [2.05, 4.69) is 66.8 Å². The minimum atomic E-state index is 0.456. The molecule has 0 unspecified atom stereocenters. The van der Waals surface area contributed by atoms with Gasteiger partial charge in [0.2, 0.25) is 0 Å². The molecule has 2 N–H and O–H groups in total. The molecule has 0 aromatic heterocycles.